The topological polar surface area (TPSA) is 194 Å². The number of nitrogens with zero attached hydrogens (tertiary/aromatic N) is 8. The molecular weight excluding hydrogens is 678 g/mol. The number of hydrogen-bond acceptors (Lipinski definition) is 12. The van der Waals surface area contributed by atoms with Gasteiger partial charge < -0.3 is 36.0 Å². The van der Waals surface area contributed by atoms with E-state index in [1.165, 1.54) is 18.0 Å². The van der Waals surface area contributed by atoms with Crippen LogP contribution >= 0.6 is 0 Å². The van der Waals surface area contributed by atoms with Crippen molar-refractivity contribution in [2.45, 2.75) is 57.0 Å². The van der Waals surface area contributed by atoms with Crippen LogP contribution in [0.3, 0.4) is 0 Å². The number of anilines is 4. The van der Waals surface area contributed by atoms with Crippen molar-refractivity contribution in [2.24, 2.45) is 5.92 Å². The first-order chi connectivity index (χ1) is 25.6. The molecule has 1 saturated carbocycles. The Morgan fingerprint density at radius 1 is 0.981 bits per heavy atom. The molecule has 2 saturated heterocycles. The quantitative estimate of drug-likeness (QED) is 0.151. The fraction of sp³-hybridized carbons (Fsp3) is 0.432. The molecule has 3 aromatic heterocycles. The number of pyridine rings is 1. The van der Waals surface area contributed by atoms with E-state index in [9.17, 15) is 24.6 Å². The van der Waals surface area contributed by atoms with Gasteiger partial charge in [0.2, 0.25) is 5.91 Å². The minimum atomic E-state index is -2.37. The van der Waals surface area contributed by atoms with Crippen LogP contribution in [0.4, 0.5) is 22.9 Å². The summed E-state index contributed by atoms with van der Waals surface area (Å²) in [6, 6.07) is 12.1. The number of hydrogen-bond donors (Lipinski definition) is 5. The molecule has 1 aliphatic carbocycles. The van der Waals surface area contributed by atoms with Gasteiger partial charge in [0.05, 0.1) is 41.0 Å². The van der Waals surface area contributed by atoms with Crippen molar-refractivity contribution in [1.29, 1.82) is 0 Å². The molecule has 6 heterocycles. The Labute approximate surface area is 306 Å². The average molecular weight is 722 g/mol. The number of benzene rings is 1. The SMILES string of the molecule is CCC1c2c(cnn2C2CN(C(O)(O)c3cccc(C(=O)N4CCCC4)n3)C2)-c2cccc(Nc3cc(NC(=O)C4CC4)nnc3C(=O)NC)c2N1C. The monoisotopic (exact) mass is 721 g/mol. The minimum Gasteiger partial charge on any atom is -0.364 e. The van der Waals surface area contributed by atoms with Gasteiger partial charge in [0.25, 0.3) is 17.7 Å². The number of rotatable bonds is 10. The van der Waals surface area contributed by atoms with Gasteiger partial charge in [0.1, 0.15) is 11.4 Å². The summed E-state index contributed by atoms with van der Waals surface area (Å²) in [6.07, 6.45) is 6.20. The van der Waals surface area contributed by atoms with Crippen molar-refractivity contribution in [1.82, 2.24) is 40.1 Å². The first-order valence-electron chi connectivity index (χ1n) is 18.2. The Kier molecular flexibility index (Phi) is 8.83. The molecule has 4 aliphatic rings. The fourth-order valence-electron chi connectivity index (χ4n) is 7.65. The maximum absolute atomic E-state index is 13.0. The van der Waals surface area contributed by atoms with E-state index in [0.29, 0.717) is 31.9 Å². The Bertz CT molecular complexity index is 2080. The normalized spacial score (nSPS) is 18.6. The van der Waals surface area contributed by atoms with Gasteiger partial charge in [-0.05, 0) is 50.3 Å². The van der Waals surface area contributed by atoms with Crippen molar-refractivity contribution >= 4 is 40.6 Å². The molecule has 3 aliphatic heterocycles. The van der Waals surface area contributed by atoms with Crippen molar-refractivity contribution in [3.63, 3.8) is 0 Å². The third-order valence-corrected chi connectivity index (χ3v) is 10.7. The highest BCUT2D eigenvalue weighted by Gasteiger charge is 2.46. The minimum absolute atomic E-state index is 0.00463. The number of likely N-dealkylation sites (tertiary alicyclic amines) is 2. The summed E-state index contributed by atoms with van der Waals surface area (Å²) in [4.78, 5) is 48.1. The van der Waals surface area contributed by atoms with Crippen LogP contribution in [0.1, 0.15) is 83.5 Å². The summed E-state index contributed by atoms with van der Waals surface area (Å²) in [7, 11) is 3.54. The Hall–Kier alpha value is -5.45. The molecule has 1 unspecified atom stereocenters. The highest BCUT2D eigenvalue weighted by molar-refractivity contribution is 6.01. The predicted molar refractivity (Wildman–Crippen MR) is 195 cm³/mol. The predicted octanol–water partition coefficient (Wildman–Crippen LogP) is 2.98. The second kappa shape index (κ2) is 13.5. The van der Waals surface area contributed by atoms with Gasteiger partial charge in [-0.1, -0.05) is 25.1 Å². The molecule has 0 bridgehead atoms. The number of amides is 3. The van der Waals surface area contributed by atoms with Gasteiger partial charge in [-0.2, -0.15) is 5.10 Å². The maximum Gasteiger partial charge on any atom is 0.273 e. The van der Waals surface area contributed by atoms with E-state index in [1.54, 1.807) is 23.1 Å². The molecule has 16 nitrogen and oxygen atoms in total. The van der Waals surface area contributed by atoms with Gasteiger partial charge in [-0.25, -0.2) is 9.88 Å². The lowest BCUT2D eigenvalue weighted by Crippen LogP contribution is -2.59. The number of aromatic nitrogens is 5. The molecule has 8 rings (SSSR count). The van der Waals surface area contributed by atoms with E-state index in [2.05, 4.69) is 43.0 Å². The third kappa shape index (κ3) is 6.15. The molecule has 1 aromatic carbocycles. The van der Waals surface area contributed by atoms with E-state index in [-0.39, 0.29) is 52.7 Å². The smallest absolute Gasteiger partial charge is 0.273 e. The van der Waals surface area contributed by atoms with Crippen molar-refractivity contribution in [3.8, 4) is 11.1 Å². The zero-order chi connectivity index (χ0) is 37.0. The lowest BCUT2D eigenvalue weighted by atomic mass is 9.91. The number of fused-ring (bicyclic) bond motifs is 3. The van der Waals surface area contributed by atoms with Gasteiger partial charge in [0.15, 0.2) is 11.5 Å². The number of carbonyl (C=O) groups is 3. The molecule has 276 valence electrons. The van der Waals surface area contributed by atoms with Crippen LogP contribution in [-0.4, -0.2) is 103 Å². The fourth-order valence-corrected chi connectivity index (χ4v) is 7.65. The molecule has 0 spiro atoms. The van der Waals surface area contributed by atoms with E-state index >= 15 is 0 Å². The van der Waals surface area contributed by atoms with E-state index in [4.69, 9.17) is 5.10 Å². The molecule has 0 radical (unpaired) electrons. The molecule has 16 heteroatoms. The van der Waals surface area contributed by atoms with Crippen LogP contribution in [-0.2, 0) is 10.7 Å². The average Bonchev–Trinajstić information content (AvgIpc) is 3.69. The first-order valence-corrected chi connectivity index (χ1v) is 18.2. The summed E-state index contributed by atoms with van der Waals surface area (Å²) in [5, 5.41) is 44.6. The summed E-state index contributed by atoms with van der Waals surface area (Å²) in [5.41, 5.74) is 5.24. The van der Waals surface area contributed by atoms with Gasteiger partial charge in [-0.3, -0.25) is 19.1 Å². The van der Waals surface area contributed by atoms with Crippen LogP contribution in [0, 0.1) is 5.92 Å². The van der Waals surface area contributed by atoms with E-state index < -0.39 is 11.8 Å². The Morgan fingerprint density at radius 3 is 2.45 bits per heavy atom. The molecule has 5 N–H and O–H groups in total. The number of carbonyl (C=O) groups excluding carboxylic acids is 3. The number of para-hydroxylation sites is 1. The number of aliphatic hydroxyl groups is 2. The molecule has 4 aromatic rings. The third-order valence-electron chi connectivity index (χ3n) is 10.7. The second-order valence-electron chi connectivity index (χ2n) is 14.2. The van der Waals surface area contributed by atoms with Crippen LogP contribution < -0.4 is 20.9 Å². The standard InChI is InChI=1S/C37H43N11O5/c1-4-28-33-24(18-39-48(33)22-19-47(20-22)37(52,53)29-12-8-11-26(41-29)36(51)46-15-5-6-16-46)23-9-7-10-25(32(23)45(28)3)40-27-17-30(42-34(49)21-13-14-21)43-44-31(27)35(50)38-2/h7-12,17-18,21-22,28,52-53H,4-6,13-16,19-20H2,1-3H3,(H,38,50)(H2,40,42,43,49). The van der Waals surface area contributed by atoms with Crippen LogP contribution in [0.15, 0.2) is 48.7 Å². The summed E-state index contributed by atoms with van der Waals surface area (Å²) in [5.74, 6) is -2.87. The zero-order valence-electron chi connectivity index (χ0n) is 29.9. The largest absolute Gasteiger partial charge is 0.364 e. The van der Waals surface area contributed by atoms with Crippen molar-refractivity contribution < 1.29 is 24.6 Å². The van der Waals surface area contributed by atoms with Crippen LogP contribution in [0.25, 0.3) is 11.1 Å². The van der Waals surface area contributed by atoms with Gasteiger partial charge >= 0.3 is 0 Å². The van der Waals surface area contributed by atoms with Gasteiger partial charge in [-0.15, -0.1) is 10.2 Å². The lowest BCUT2D eigenvalue weighted by molar-refractivity contribution is -0.302. The summed E-state index contributed by atoms with van der Waals surface area (Å²) in [6.45, 7) is 4.07. The highest BCUT2D eigenvalue weighted by atomic mass is 16.5. The second-order valence-corrected chi connectivity index (χ2v) is 14.2. The van der Waals surface area contributed by atoms with Crippen LogP contribution in [0.2, 0.25) is 0 Å². The zero-order valence-corrected chi connectivity index (χ0v) is 29.9. The first kappa shape index (κ1) is 34.6. The molecule has 3 fully saturated rings. The maximum atomic E-state index is 13.0. The Morgan fingerprint density at radius 2 is 1.74 bits per heavy atom. The molecular formula is C37H43N11O5. The highest BCUT2D eigenvalue weighted by Crippen LogP contribution is 2.50. The Balaban J connectivity index is 1.06. The lowest BCUT2D eigenvalue weighted by Gasteiger charge is -2.47. The summed E-state index contributed by atoms with van der Waals surface area (Å²) < 4.78 is 1.99. The van der Waals surface area contributed by atoms with Crippen molar-refractivity contribution in [2.75, 3.05) is 55.8 Å². The number of nitrogens with one attached hydrogen (secondary N) is 3. The van der Waals surface area contributed by atoms with Crippen molar-refractivity contribution in [3.05, 3.63) is 71.4 Å². The van der Waals surface area contributed by atoms with Gasteiger partial charge in [0, 0.05) is 63.4 Å². The molecule has 53 heavy (non-hydrogen) atoms. The molecule has 3 amide bonds. The summed E-state index contributed by atoms with van der Waals surface area (Å²) >= 11 is 0. The van der Waals surface area contributed by atoms with E-state index in [1.807, 2.05) is 36.1 Å². The molecule has 1 atom stereocenters. The van der Waals surface area contributed by atoms with Crippen LogP contribution in [0.5, 0.6) is 0 Å². The van der Waals surface area contributed by atoms with E-state index in [0.717, 1.165) is 60.3 Å².